The molecule has 0 aliphatic carbocycles. The van der Waals surface area contributed by atoms with Crippen molar-refractivity contribution in [2.75, 3.05) is 19.6 Å². The summed E-state index contributed by atoms with van der Waals surface area (Å²) in [7, 11) is 0. The van der Waals surface area contributed by atoms with Crippen molar-refractivity contribution in [1.82, 2.24) is 15.5 Å². The second-order valence-corrected chi connectivity index (χ2v) is 7.64. The normalized spacial score (nSPS) is 15.0. The molecule has 8 heteroatoms. The largest absolute Gasteiger partial charge is 0.435 e. The Balaban J connectivity index is 1.37. The molecule has 0 unspecified atom stereocenters. The van der Waals surface area contributed by atoms with Gasteiger partial charge in [-0.15, -0.1) is 0 Å². The molecule has 0 atom stereocenters. The summed E-state index contributed by atoms with van der Waals surface area (Å²) < 4.78 is 28.7. The smallest absolute Gasteiger partial charge is 0.387 e. The molecule has 0 aromatic heterocycles. The second-order valence-electron chi connectivity index (χ2n) is 7.64. The maximum Gasteiger partial charge on any atom is 0.387 e. The summed E-state index contributed by atoms with van der Waals surface area (Å²) in [5.74, 6) is -0.0722. The highest BCUT2D eigenvalue weighted by molar-refractivity contribution is 5.95. The first-order valence-electron chi connectivity index (χ1n) is 10.3. The number of nitrogens with zero attached hydrogens (tertiary/aromatic N) is 1. The van der Waals surface area contributed by atoms with Crippen molar-refractivity contribution in [3.05, 3.63) is 65.2 Å². The van der Waals surface area contributed by atoms with E-state index in [1.165, 1.54) is 12.1 Å². The maximum atomic E-state index is 12.5. The van der Waals surface area contributed by atoms with Crippen molar-refractivity contribution in [3.63, 3.8) is 0 Å². The number of carbonyl (C=O) groups excluding carboxylic acids is 2. The summed E-state index contributed by atoms with van der Waals surface area (Å²) in [5, 5.41) is 5.93. The van der Waals surface area contributed by atoms with Crippen molar-refractivity contribution in [2.24, 2.45) is 0 Å². The summed E-state index contributed by atoms with van der Waals surface area (Å²) in [6.07, 6.45) is 1.58. The van der Waals surface area contributed by atoms with Crippen molar-refractivity contribution in [3.8, 4) is 5.75 Å². The van der Waals surface area contributed by atoms with Gasteiger partial charge < -0.3 is 15.4 Å². The van der Waals surface area contributed by atoms with Crippen molar-refractivity contribution < 1.29 is 23.1 Å². The van der Waals surface area contributed by atoms with Crippen LogP contribution in [0.5, 0.6) is 5.75 Å². The third-order valence-electron chi connectivity index (χ3n) is 5.32. The van der Waals surface area contributed by atoms with Gasteiger partial charge in [0.05, 0.1) is 6.54 Å². The average Bonchev–Trinajstić information content (AvgIpc) is 2.74. The van der Waals surface area contributed by atoms with E-state index in [2.05, 4.69) is 20.3 Å². The molecule has 1 aliphatic heterocycles. The summed E-state index contributed by atoms with van der Waals surface area (Å²) >= 11 is 0. The Hall–Kier alpha value is -3.00. The van der Waals surface area contributed by atoms with Crippen LogP contribution in [0.15, 0.2) is 48.5 Å². The second kappa shape index (κ2) is 10.9. The molecule has 31 heavy (non-hydrogen) atoms. The minimum Gasteiger partial charge on any atom is -0.435 e. The average molecular weight is 431 g/mol. The molecule has 0 radical (unpaired) electrons. The van der Waals surface area contributed by atoms with E-state index < -0.39 is 6.61 Å². The molecule has 1 heterocycles. The van der Waals surface area contributed by atoms with Crippen LogP contribution >= 0.6 is 0 Å². The van der Waals surface area contributed by atoms with E-state index in [1.54, 1.807) is 12.1 Å². The zero-order valence-electron chi connectivity index (χ0n) is 17.4. The lowest BCUT2D eigenvalue weighted by molar-refractivity contribution is -0.122. The minimum absolute atomic E-state index is 0.0562. The number of hydrogen-bond acceptors (Lipinski definition) is 4. The Labute approximate surface area is 180 Å². The van der Waals surface area contributed by atoms with E-state index in [0.29, 0.717) is 12.1 Å². The third kappa shape index (κ3) is 7.03. The molecule has 1 fully saturated rings. The van der Waals surface area contributed by atoms with Crippen LogP contribution < -0.4 is 15.4 Å². The third-order valence-corrected chi connectivity index (χ3v) is 5.32. The minimum atomic E-state index is -2.86. The van der Waals surface area contributed by atoms with E-state index >= 15 is 0 Å². The quantitative estimate of drug-likeness (QED) is 0.674. The molecule has 1 saturated heterocycles. The van der Waals surface area contributed by atoms with Gasteiger partial charge in [-0.2, -0.15) is 8.78 Å². The van der Waals surface area contributed by atoms with Gasteiger partial charge in [0.1, 0.15) is 5.75 Å². The number of aryl methyl sites for hydroxylation is 1. The molecule has 2 aromatic carbocycles. The zero-order chi connectivity index (χ0) is 22.2. The van der Waals surface area contributed by atoms with Crippen LogP contribution in [-0.2, 0) is 11.3 Å². The van der Waals surface area contributed by atoms with Crippen molar-refractivity contribution >= 4 is 11.8 Å². The molecule has 2 N–H and O–H groups in total. The Kier molecular flexibility index (Phi) is 7.94. The van der Waals surface area contributed by atoms with E-state index in [-0.39, 0.29) is 30.2 Å². The summed E-state index contributed by atoms with van der Waals surface area (Å²) in [6, 6.07) is 13.8. The fourth-order valence-corrected chi connectivity index (χ4v) is 3.57. The number of hydrogen-bond donors (Lipinski definition) is 2. The summed E-state index contributed by atoms with van der Waals surface area (Å²) in [6.45, 7) is 1.12. The number of likely N-dealkylation sites (tertiary alicyclic amines) is 1. The number of amides is 2. The molecule has 0 saturated carbocycles. The molecule has 0 bridgehead atoms. The highest BCUT2D eigenvalue weighted by atomic mass is 19.3. The van der Waals surface area contributed by atoms with Crippen LogP contribution in [0.25, 0.3) is 0 Å². The topological polar surface area (TPSA) is 70.7 Å². The van der Waals surface area contributed by atoms with Gasteiger partial charge in [-0.25, -0.2) is 0 Å². The molecule has 166 valence electrons. The van der Waals surface area contributed by atoms with Crippen LogP contribution in [0.2, 0.25) is 0 Å². The predicted molar refractivity (Wildman–Crippen MR) is 113 cm³/mol. The monoisotopic (exact) mass is 431 g/mol. The van der Waals surface area contributed by atoms with E-state index in [4.69, 9.17) is 0 Å². The molecule has 0 spiro atoms. The highest BCUT2D eigenvalue weighted by Crippen LogP contribution is 2.15. The van der Waals surface area contributed by atoms with Gasteiger partial charge in [0.25, 0.3) is 5.91 Å². The van der Waals surface area contributed by atoms with Crippen LogP contribution in [0, 0.1) is 6.92 Å². The lowest BCUT2D eigenvalue weighted by Gasteiger charge is -2.32. The number of ether oxygens (including phenoxy) is 1. The predicted octanol–water partition coefficient (Wildman–Crippen LogP) is 3.11. The Bertz CT molecular complexity index is 882. The van der Waals surface area contributed by atoms with Gasteiger partial charge >= 0.3 is 6.61 Å². The molecular weight excluding hydrogens is 404 g/mol. The fourth-order valence-electron chi connectivity index (χ4n) is 3.57. The highest BCUT2D eigenvalue weighted by Gasteiger charge is 2.22. The van der Waals surface area contributed by atoms with Gasteiger partial charge in [0, 0.05) is 31.2 Å². The number of halogens is 2. The molecule has 2 aromatic rings. The Morgan fingerprint density at radius 1 is 1.10 bits per heavy atom. The molecular formula is C23H27F2N3O3. The van der Waals surface area contributed by atoms with E-state index in [1.807, 2.05) is 31.2 Å². The first-order valence-corrected chi connectivity index (χ1v) is 10.3. The van der Waals surface area contributed by atoms with Gasteiger partial charge in [0.2, 0.25) is 5.91 Å². The number of nitrogens with one attached hydrogen (secondary N) is 2. The Morgan fingerprint density at radius 3 is 2.42 bits per heavy atom. The van der Waals surface area contributed by atoms with Crippen LogP contribution in [-0.4, -0.2) is 49.0 Å². The van der Waals surface area contributed by atoms with Crippen LogP contribution in [0.1, 0.15) is 34.3 Å². The molecule has 6 nitrogen and oxygen atoms in total. The lowest BCUT2D eigenvalue weighted by atomic mass is 10.0. The number of piperidine rings is 1. The van der Waals surface area contributed by atoms with Crippen LogP contribution in [0.4, 0.5) is 8.78 Å². The zero-order valence-corrected chi connectivity index (χ0v) is 17.4. The fraction of sp³-hybridized carbons (Fsp3) is 0.391. The number of alkyl halides is 2. The first-order chi connectivity index (χ1) is 14.9. The van der Waals surface area contributed by atoms with Gasteiger partial charge in [0.15, 0.2) is 0 Å². The lowest BCUT2D eigenvalue weighted by Crippen LogP contribution is -2.47. The standard InChI is InChI=1S/C23H27F2N3O3/c1-16-4-2-3-5-20(16)22(30)27-18-10-12-28(13-11-18)15-21(29)26-14-17-6-8-19(9-7-17)31-23(24)25/h2-9,18,23H,10-15H2,1H3,(H,26,29)(H,27,30). The maximum absolute atomic E-state index is 12.5. The SMILES string of the molecule is Cc1ccccc1C(=O)NC1CCN(CC(=O)NCc2ccc(OC(F)F)cc2)CC1. The number of benzene rings is 2. The van der Waals surface area contributed by atoms with Gasteiger partial charge in [-0.1, -0.05) is 30.3 Å². The molecule has 1 aliphatic rings. The summed E-state index contributed by atoms with van der Waals surface area (Å²) in [5.41, 5.74) is 2.44. The number of rotatable bonds is 8. The summed E-state index contributed by atoms with van der Waals surface area (Å²) in [4.78, 5) is 26.7. The van der Waals surface area contributed by atoms with E-state index in [9.17, 15) is 18.4 Å². The van der Waals surface area contributed by atoms with Crippen molar-refractivity contribution in [2.45, 2.75) is 39.0 Å². The molecule has 3 rings (SSSR count). The van der Waals surface area contributed by atoms with E-state index in [0.717, 1.165) is 37.1 Å². The first kappa shape index (κ1) is 22.7. The van der Waals surface area contributed by atoms with Gasteiger partial charge in [-0.05, 0) is 49.1 Å². The number of carbonyl (C=O) groups is 2. The van der Waals surface area contributed by atoms with Crippen molar-refractivity contribution in [1.29, 1.82) is 0 Å². The Morgan fingerprint density at radius 2 is 1.77 bits per heavy atom. The van der Waals surface area contributed by atoms with Crippen LogP contribution in [0.3, 0.4) is 0 Å². The van der Waals surface area contributed by atoms with Gasteiger partial charge in [-0.3, -0.25) is 14.5 Å². The molecule has 2 amide bonds.